The normalized spacial score (nSPS) is 12.2. The fraction of sp³-hybridized carbons (Fsp3) is 0.182. The topological polar surface area (TPSA) is 43.2 Å². The summed E-state index contributed by atoms with van der Waals surface area (Å²) >= 11 is 0. The Morgan fingerprint density at radius 1 is 0.872 bits per heavy atom. The fourth-order valence-electron chi connectivity index (χ4n) is 4.66. The van der Waals surface area contributed by atoms with Crippen molar-refractivity contribution >= 4 is 11.4 Å². The first kappa shape index (κ1) is 26.8. The van der Waals surface area contributed by atoms with Crippen LogP contribution in [0.5, 0.6) is 11.5 Å². The summed E-state index contributed by atoms with van der Waals surface area (Å²) in [6, 6.07) is 31.1. The average Bonchev–Trinajstić information content (AvgIpc) is 3.21. The van der Waals surface area contributed by atoms with Gasteiger partial charge in [-0.05, 0) is 53.7 Å². The molecule has 2 aromatic heterocycles. The van der Waals surface area contributed by atoms with Gasteiger partial charge in [0.2, 0.25) is 0 Å². The number of aryl methyl sites for hydroxylation is 1. The van der Waals surface area contributed by atoms with Crippen LogP contribution in [-0.2, 0) is 26.5 Å². The van der Waals surface area contributed by atoms with Crippen molar-refractivity contribution in [1.29, 1.82) is 0 Å². The predicted octanol–water partition coefficient (Wildman–Crippen LogP) is 8.04. The molecule has 0 spiro atoms. The van der Waals surface area contributed by atoms with Crippen molar-refractivity contribution in [2.24, 2.45) is 0 Å². The van der Waals surface area contributed by atoms with Crippen LogP contribution >= 0.6 is 0 Å². The number of anilines is 2. The van der Waals surface area contributed by atoms with Crippen molar-refractivity contribution in [3.05, 3.63) is 115 Å². The third-order valence-corrected chi connectivity index (χ3v) is 6.92. The number of hydrogen-bond donors (Lipinski definition) is 0. The monoisotopic (exact) mass is 692 g/mol. The second-order valence-electron chi connectivity index (χ2n) is 10.6. The number of aromatic nitrogens is 3. The summed E-state index contributed by atoms with van der Waals surface area (Å²) in [7, 11) is 0. The molecule has 0 radical (unpaired) electrons. The van der Waals surface area contributed by atoms with Gasteiger partial charge in [0.25, 0.3) is 0 Å². The summed E-state index contributed by atoms with van der Waals surface area (Å²) in [6.07, 6.45) is 1.86. The molecule has 5 nitrogen and oxygen atoms in total. The van der Waals surface area contributed by atoms with Crippen LogP contribution in [0.1, 0.15) is 37.7 Å². The molecule has 0 saturated heterocycles. The molecule has 0 atom stereocenters. The molecule has 1 aliphatic rings. The molecule has 0 saturated carbocycles. The number of pyridine rings is 1. The molecule has 3 heterocycles. The van der Waals surface area contributed by atoms with E-state index in [-0.39, 0.29) is 26.5 Å². The minimum Gasteiger partial charge on any atom is -0.503 e. The molecule has 0 amide bonds. The summed E-state index contributed by atoms with van der Waals surface area (Å²) in [5, 5.41) is 0. The van der Waals surface area contributed by atoms with Gasteiger partial charge >= 0.3 is 0 Å². The maximum Gasteiger partial charge on any atom is 0.0421 e. The Kier molecular flexibility index (Phi) is 7.13. The van der Waals surface area contributed by atoms with Crippen LogP contribution in [0.25, 0.3) is 22.6 Å². The van der Waals surface area contributed by atoms with Crippen LogP contribution in [0, 0.1) is 32.6 Å². The van der Waals surface area contributed by atoms with Crippen LogP contribution in [-0.4, -0.2) is 14.5 Å². The molecule has 39 heavy (non-hydrogen) atoms. The van der Waals surface area contributed by atoms with Gasteiger partial charge in [-0.25, -0.2) is 0 Å². The summed E-state index contributed by atoms with van der Waals surface area (Å²) < 4.78 is 8.39. The molecule has 0 bridgehead atoms. The minimum atomic E-state index is 0. The molecule has 0 unspecified atom stereocenters. The molecule has 6 rings (SSSR count). The molecule has 6 heteroatoms. The van der Waals surface area contributed by atoms with E-state index in [1.54, 1.807) is 0 Å². The Balaban J connectivity index is 0.00000308. The van der Waals surface area contributed by atoms with Gasteiger partial charge in [-0.15, -0.1) is 42.0 Å². The minimum absolute atomic E-state index is 0. The van der Waals surface area contributed by atoms with Crippen molar-refractivity contribution in [2.45, 2.75) is 40.0 Å². The third kappa shape index (κ3) is 5.12. The van der Waals surface area contributed by atoms with Crippen molar-refractivity contribution in [1.82, 2.24) is 14.5 Å². The van der Waals surface area contributed by atoms with E-state index in [0.717, 1.165) is 45.4 Å². The number of ether oxygens (including phenoxy) is 1. The Bertz CT molecular complexity index is 1650. The number of nitrogens with zero attached hydrogens (tertiary/aromatic N) is 4. The maximum absolute atomic E-state index is 6.26. The smallest absolute Gasteiger partial charge is 0.0421 e. The molecule has 0 N–H and O–H groups in total. The van der Waals surface area contributed by atoms with E-state index < -0.39 is 0 Å². The molecule has 3 aromatic carbocycles. The van der Waals surface area contributed by atoms with Gasteiger partial charge in [-0.1, -0.05) is 69.4 Å². The number of fused-ring (bicyclic) bond motifs is 3. The Morgan fingerprint density at radius 3 is 2.41 bits per heavy atom. The Labute approximate surface area is 244 Å². The van der Waals surface area contributed by atoms with Crippen molar-refractivity contribution < 1.29 is 25.8 Å². The van der Waals surface area contributed by atoms with Gasteiger partial charge in [-0.3, -0.25) is 0 Å². The molecule has 5 aromatic rings. The van der Waals surface area contributed by atoms with E-state index in [0.29, 0.717) is 11.5 Å². The number of para-hydroxylation sites is 1. The van der Waals surface area contributed by atoms with E-state index in [9.17, 15) is 0 Å². The summed E-state index contributed by atoms with van der Waals surface area (Å²) in [5.74, 6) is 2.18. The van der Waals surface area contributed by atoms with Crippen molar-refractivity contribution in [3.8, 4) is 34.1 Å². The maximum atomic E-state index is 6.26. The van der Waals surface area contributed by atoms with Crippen LogP contribution in [0.3, 0.4) is 0 Å². The predicted molar refractivity (Wildman–Crippen MR) is 152 cm³/mol. The number of imidazole rings is 1. The number of rotatable bonds is 4. The summed E-state index contributed by atoms with van der Waals surface area (Å²) in [6.45, 7) is 12.8. The summed E-state index contributed by atoms with van der Waals surface area (Å²) in [5.41, 5.74) is 8.18. The van der Waals surface area contributed by atoms with Gasteiger partial charge in [0, 0.05) is 50.3 Å². The average molecular weight is 693 g/mol. The second kappa shape index (κ2) is 10.4. The number of benzene rings is 3. The molecule has 0 fully saturated rings. The van der Waals surface area contributed by atoms with Crippen molar-refractivity contribution in [3.63, 3.8) is 0 Å². The van der Waals surface area contributed by atoms with E-state index in [2.05, 4.69) is 85.2 Å². The molecular weight excluding hydrogens is 663 g/mol. The van der Waals surface area contributed by atoms with E-state index in [1.807, 2.05) is 61.7 Å². The van der Waals surface area contributed by atoms with Gasteiger partial charge in [0.05, 0.1) is 0 Å². The fourth-order valence-corrected chi connectivity index (χ4v) is 4.66. The zero-order valence-corrected chi connectivity index (χ0v) is 24.9. The zero-order valence-electron chi connectivity index (χ0n) is 22.6. The van der Waals surface area contributed by atoms with E-state index in [1.165, 1.54) is 5.56 Å². The molecule has 200 valence electrons. The molecule has 1 aliphatic heterocycles. The van der Waals surface area contributed by atoms with E-state index in [4.69, 9.17) is 9.72 Å². The largest absolute Gasteiger partial charge is 0.503 e. The molecule has 0 aliphatic carbocycles. The SMILES string of the molecule is Cc1nc2n(c1C)[CH-]N(c1[c-]c(Oc3[c-]c(-c4cc(C(C)(C)C)ccn4)ccc3)ccc1)c1ccccc1-2.[Pt]. The first-order valence-corrected chi connectivity index (χ1v) is 12.8. The first-order valence-electron chi connectivity index (χ1n) is 12.8. The Hall–Kier alpha value is -3.82. The quantitative estimate of drug-likeness (QED) is 0.179. The Morgan fingerprint density at radius 2 is 1.62 bits per heavy atom. The molecular formula is C33H29N4OPt-3. The van der Waals surface area contributed by atoms with Gasteiger partial charge in [0.15, 0.2) is 0 Å². The zero-order chi connectivity index (χ0) is 26.4. The second-order valence-corrected chi connectivity index (χ2v) is 10.6. The van der Waals surface area contributed by atoms with Gasteiger partial charge in [-0.2, -0.15) is 6.07 Å². The number of hydrogen-bond acceptors (Lipinski definition) is 4. The van der Waals surface area contributed by atoms with Crippen molar-refractivity contribution in [2.75, 3.05) is 4.90 Å². The van der Waals surface area contributed by atoms with E-state index >= 15 is 0 Å². The van der Waals surface area contributed by atoms with Crippen LogP contribution in [0.2, 0.25) is 0 Å². The van der Waals surface area contributed by atoms with Crippen LogP contribution in [0.15, 0.2) is 79.0 Å². The first-order chi connectivity index (χ1) is 18.3. The third-order valence-electron chi connectivity index (χ3n) is 6.92. The van der Waals surface area contributed by atoms with Crippen LogP contribution in [0.4, 0.5) is 11.4 Å². The summed E-state index contributed by atoms with van der Waals surface area (Å²) in [4.78, 5) is 11.5. The van der Waals surface area contributed by atoms with Gasteiger partial charge in [0.1, 0.15) is 0 Å². The standard InChI is InChI=1S/C33H29N4O.Pt/c1-22-23(2)36-21-37(31-15-7-6-14-29(31)32(36)35-22)26-11-9-13-28(20-26)38-27-12-8-10-24(18-27)30-19-25(16-17-34-30)33(3,4)5;/h6-17,19,21H,1-5H3;/q-3;. The van der Waals surface area contributed by atoms with Gasteiger partial charge < -0.3 is 24.2 Å². The van der Waals surface area contributed by atoms with Crippen LogP contribution < -0.4 is 9.64 Å².